The molecule has 4 rings (SSSR count). The van der Waals surface area contributed by atoms with Gasteiger partial charge >= 0.3 is 0 Å². The molecule has 1 N–H and O–H groups in total. The number of halogens is 2. The standard InChI is InChI=1S/C22H15Br2NO4S/c1-29-16-8-7-12(10-15(16)24)20(26)18-19(17-6-3-9-30-17)25(22(28)21(18)27)14-5-2-4-13(23)11-14/h2-11,19,26H,1H3/b20-18-. The Hall–Kier alpha value is -2.42. The maximum absolute atomic E-state index is 13.0. The summed E-state index contributed by atoms with van der Waals surface area (Å²) in [5, 5.41) is 13.0. The molecule has 0 saturated carbocycles. The van der Waals surface area contributed by atoms with Gasteiger partial charge in [-0.05, 0) is 63.8 Å². The summed E-state index contributed by atoms with van der Waals surface area (Å²) in [7, 11) is 1.54. The van der Waals surface area contributed by atoms with E-state index in [0.717, 1.165) is 9.35 Å². The lowest BCUT2D eigenvalue weighted by molar-refractivity contribution is -0.132. The Kier molecular flexibility index (Phi) is 5.81. The van der Waals surface area contributed by atoms with Gasteiger partial charge in [-0.2, -0.15) is 0 Å². The maximum Gasteiger partial charge on any atom is 0.300 e. The smallest absolute Gasteiger partial charge is 0.300 e. The van der Waals surface area contributed by atoms with Crippen LogP contribution in [0.3, 0.4) is 0 Å². The van der Waals surface area contributed by atoms with Gasteiger partial charge in [-0.1, -0.05) is 28.1 Å². The van der Waals surface area contributed by atoms with Crippen molar-refractivity contribution in [1.29, 1.82) is 0 Å². The van der Waals surface area contributed by atoms with E-state index in [1.807, 2.05) is 23.6 Å². The number of rotatable bonds is 4. The molecular weight excluding hydrogens is 534 g/mol. The number of anilines is 1. The molecule has 5 nitrogen and oxygen atoms in total. The average molecular weight is 549 g/mol. The molecule has 2 aromatic carbocycles. The van der Waals surface area contributed by atoms with Crippen molar-refractivity contribution < 1.29 is 19.4 Å². The number of hydrogen-bond donors (Lipinski definition) is 1. The molecule has 1 amide bonds. The van der Waals surface area contributed by atoms with Crippen LogP contribution in [0.2, 0.25) is 0 Å². The molecule has 1 aliphatic heterocycles. The van der Waals surface area contributed by atoms with E-state index in [9.17, 15) is 14.7 Å². The molecule has 1 aliphatic rings. The zero-order valence-corrected chi connectivity index (χ0v) is 19.6. The zero-order valence-electron chi connectivity index (χ0n) is 15.6. The SMILES string of the molecule is COc1ccc(/C(O)=C2/C(=O)C(=O)N(c3cccc(Br)c3)C2c2cccs2)cc1Br. The second-order valence-electron chi connectivity index (χ2n) is 6.51. The minimum Gasteiger partial charge on any atom is -0.507 e. The first-order valence-corrected chi connectivity index (χ1v) is 11.3. The van der Waals surface area contributed by atoms with Gasteiger partial charge in [0, 0.05) is 20.6 Å². The van der Waals surface area contributed by atoms with E-state index in [1.165, 1.54) is 16.2 Å². The highest BCUT2D eigenvalue weighted by Gasteiger charge is 2.47. The molecule has 0 aliphatic carbocycles. The largest absolute Gasteiger partial charge is 0.507 e. The van der Waals surface area contributed by atoms with Gasteiger partial charge in [-0.3, -0.25) is 14.5 Å². The van der Waals surface area contributed by atoms with Crippen LogP contribution in [-0.2, 0) is 9.59 Å². The minimum atomic E-state index is -0.724. The number of nitrogens with zero attached hydrogens (tertiary/aromatic N) is 1. The number of Topliss-reactive ketones (excluding diaryl/α,β-unsaturated/α-hetero) is 1. The normalized spacial score (nSPS) is 18.1. The van der Waals surface area contributed by atoms with Crippen molar-refractivity contribution in [3.63, 3.8) is 0 Å². The second kappa shape index (κ2) is 8.37. The Morgan fingerprint density at radius 2 is 1.90 bits per heavy atom. The quantitative estimate of drug-likeness (QED) is 0.250. The van der Waals surface area contributed by atoms with Gasteiger partial charge in [-0.25, -0.2) is 0 Å². The van der Waals surface area contributed by atoms with Crippen molar-refractivity contribution in [1.82, 2.24) is 0 Å². The lowest BCUT2D eigenvalue weighted by atomic mass is 9.99. The van der Waals surface area contributed by atoms with E-state index < -0.39 is 17.7 Å². The monoisotopic (exact) mass is 547 g/mol. The summed E-state index contributed by atoms with van der Waals surface area (Å²) in [5.74, 6) is -1.04. The molecule has 1 saturated heterocycles. The van der Waals surface area contributed by atoms with E-state index in [4.69, 9.17) is 4.74 Å². The minimum absolute atomic E-state index is 0.0551. The van der Waals surface area contributed by atoms with Crippen molar-refractivity contribution in [2.45, 2.75) is 6.04 Å². The van der Waals surface area contributed by atoms with Crippen LogP contribution in [0.15, 0.2) is 74.5 Å². The van der Waals surface area contributed by atoms with E-state index in [-0.39, 0.29) is 11.3 Å². The van der Waals surface area contributed by atoms with E-state index in [2.05, 4.69) is 31.9 Å². The number of ketones is 1. The first kappa shape index (κ1) is 20.8. The number of aliphatic hydroxyl groups is 1. The van der Waals surface area contributed by atoms with Gasteiger partial charge in [0.1, 0.15) is 17.6 Å². The van der Waals surface area contributed by atoms with Crippen LogP contribution in [0, 0.1) is 0 Å². The van der Waals surface area contributed by atoms with Gasteiger partial charge in [-0.15, -0.1) is 11.3 Å². The molecule has 0 radical (unpaired) electrons. The second-order valence-corrected chi connectivity index (χ2v) is 9.26. The summed E-state index contributed by atoms with van der Waals surface area (Å²) in [6.45, 7) is 0. The number of amides is 1. The summed E-state index contributed by atoms with van der Waals surface area (Å²) in [4.78, 5) is 28.3. The summed E-state index contributed by atoms with van der Waals surface area (Å²) >= 11 is 8.23. The molecule has 1 unspecified atom stereocenters. The van der Waals surface area contributed by atoms with Crippen molar-refractivity contribution in [2.75, 3.05) is 12.0 Å². The highest BCUT2D eigenvalue weighted by atomic mass is 79.9. The molecule has 1 aromatic heterocycles. The summed E-state index contributed by atoms with van der Waals surface area (Å²) in [6, 6.07) is 15.2. The highest BCUT2D eigenvalue weighted by molar-refractivity contribution is 9.10. The van der Waals surface area contributed by atoms with Gasteiger partial charge in [0.15, 0.2) is 0 Å². The van der Waals surface area contributed by atoms with Crippen LogP contribution in [0.4, 0.5) is 5.69 Å². The molecule has 1 atom stereocenters. The lowest BCUT2D eigenvalue weighted by Gasteiger charge is -2.24. The molecule has 152 valence electrons. The molecule has 3 aromatic rings. The number of benzene rings is 2. The van der Waals surface area contributed by atoms with Crippen LogP contribution in [0.1, 0.15) is 16.5 Å². The predicted octanol–water partition coefficient (Wildman–Crippen LogP) is 5.91. The maximum atomic E-state index is 13.0. The van der Waals surface area contributed by atoms with E-state index >= 15 is 0 Å². The molecule has 2 heterocycles. The third-order valence-corrected chi connectivity index (χ3v) is 6.81. The van der Waals surface area contributed by atoms with Gasteiger partial charge in [0.05, 0.1) is 17.2 Å². The van der Waals surface area contributed by atoms with Gasteiger partial charge < -0.3 is 9.84 Å². The van der Waals surface area contributed by atoms with Gasteiger partial charge in [0.2, 0.25) is 0 Å². The fraction of sp³-hybridized carbons (Fsp3) is 0.0909. The molecule has 0 spiro atoms. The van der Waals surface area contributed by atoms with Gasteiger partial charge in [0.25, 0.3) is 11.7 Å². The number of aliphatic hydroxyl groups excluding tert-OH is 1. The Morgan fingerprint density at radius 1 is 1.10 bits per heavy atom. The third-order valence-electron chi connectivity index (χ3n) is 4.77. The number of carbonyl (C=O) groups excluding carboxylic acids is 2. The van der Waals surface area contributed by atoms with E-state index in [0.29, 0.717) is 21.5 Å². The average Bonchev–Trinajstić information content (AvgIpc) is 3.34. The van der Waals surface area contributed by atoms with Crippen molar-refractivity contribution in [3.05, 3.63) is 84.9 Å². The third kappa shape index (κ3) is 3.59. The van der Waals surface area contributed by atoms with Crippen LogP contribution >= 0.6 is 43.2 Å². The number of carbonyl (C=O) groups is 2. The topological polar surface area (TPSA) is 66.8 Å². The molecular formula is C22H15Br2NO4S. The summed E-state index contributed by atoms with van der Waals surface area (Å²) in [6.07, 6.45) is 0. The van der Waals surface area contributed by atoms with Crippen molar-refractivity contribution in [3.8, 4) is 5.75 Å². The molecule has 8 heteroatoms. The Labute approximate surface area is 193 Å². The zero-order chi connectivity index (χ0) is 21.4. The number of thiophene rings is 1. The molecule has 30 heavy (non-hydrogen) atoms. The Balaban J connectivity index is 1.92. The first-order valence-electron chi connectivity index (χ1n) is 8.86. The first-order chi connectivity index (χ1) is 14.4. The highest BCUT2D eigenvalue weighted by Crippen LogP contribution is 2.44. The van der Waals surface area contributed by atoms with Crippen LogP contribution in [0.25, 0.3) is 5.76 Å². The fourth-order valence-corrected chi connectivity index (χ4v) is 5.16. The summed E-state index contributed by atoms with van der Waals surface area (Å²) in [5.41, 5.74) is 1.04. The van der Waals surface area contributed by atoms with Crippen LogP contribution in [-0.4, -0.2) is 23.9 Å². The number of hydrogen-bond acceptors (Lipinski definition) is 5. The van der Waals surface area contributed by atoms with E-state index in [1.54, 1.807) is 43.5 Å². The fourth-order valence-electron chi connectivity index (χ4n) is 3.41. The number of methoxy groups -OCH3 is 1. The summed E-state index contributed by atoms with van der Waals surface area (Å²) < 4.78 is 6.64. The van der Waals surface area contributed by atoms with Crippen molar-refractivity contribution in [2.24, 2.45) is 0 Å². The molecule has 1 fully saturated rings. The lowest BCUT2D eigenvalue weighted by Crippen LogP contribution is -2.29. The number of ether oxygens (including phenoxy) is 1. The molecule has 0 bridgehead atoms. The van der Waals surface area contributed by atoms with Crippen LogP contribution < -0.4 is 9.64 Å². The Morgan fingerprint density at radius 3 is 2.53 bits per heavy atom. The Bertz CT molecular complexity index is 1170. The van der Waals surface area contributed by atoms with Crippen LogP contribution in [0.5, 0.6) is 5.75 Å². The van der Waals surface area contributed by atoms with Crippen molar-refractivity contribution >= 4 is 66.3 Å². The predicted molar refractivity (Wildman–Crippen MR) is 124 cm³/mol.